The largest absolute Gasteiger partial charge is 0.491 e. The van der Waals surface area contributed by atoms with Crippen LogP contribution in [0.4, 0.5) is 0 Å². The van der Waals surface area contributed by atoms with Crippen molar-refractivity contribution in [1.82, 2.24) is 0 Å². The highest BCUT2D eigenvalue weighted by Crippen LogP contribution is 2.34. The first-order valence-electron chi connectivity index (χ1n) is 2.77. The molecule has 4 heteroatoms. The van der Waals surface area contributed by atoms with E-state index in [1.807, 2.05) is 13.8 Å². The topological polar surface area (TPSA) is 9.23 Å². The Labute approximate surface area is 75.9 Å². The van der Waals surface area contributed by atoms with Crippen molar-refractivity contribution in [3.63, 3.8) is 0 Å². The highest BCUT2D eigenvalue weighted by molar-refractivity contribution is 6.69. The van der Waals surface area contributed by atoms with Crippen molar-refractivity contribution in [3.05, 3.63) is 12.3 Å². The van der Waals surface area contributed by atoms with E-state index in [0.717, 1.165) is 0 Å². The minimum absolute atomic E-state index is 0.0110. The van der Waals surface area contributed by atoms with Crippen LogP contribution in [0.15, 0.2) is 12.3 Å². The van der Waals surface area contributed by atoms with Crippen LogP contribution < -0.4 is 0 Å². The fourth-order valence-electron chi connectivity index (χ4n) is 0.351. The average Bonchev–Trinajstić information content (AvgIpc) is 1.60. The first kappa shape index (κ1) is 10.4. The SMILES string of the molecule is C=C(OC(C)C)C(Cl)(Cl)Cl. The zero-order valence-electron chi connectivity index (χ0n) is 5.83. The number of halogens is 3. The smallest absolute Gasteiger partial charge is 0.246 e. The Hall–Kier alpha value is 0.410. The molecule has 0 radical (unpaired) electrons. The Bertz CT molecular complexity index is 125. The van der Waals surface area contributed by atoms with Crippen LogP contribution >= 0.6 is 34.8 Å². The number of allylic oxidation sites excluding steroid dienone is 1. The molecule has 0 saturated carbocycles. The molecule has 0 heterocycles. The molecule has 0 unspecified atom stereocenters. The van der Waals surface area contributed by atoms with Crippen LogP contribution in [0.25, 0.3) is 0 Å². The van der Waals surface area contributed by atoms with E-state index >= 15 is 0 Å². The van der Waals surface area contributed by atoms with Gasteiger partial charge in [0.2, 0.25) is 3.79 Å². The lowest BCUT2D eigenvalue weighted by molar-refractivity contribution is 0.145. The second-order valence-electron chi connectivity index (χ2n) is 2.09. The zero-order chi connectivity index (χ0) is 8.36. The number of hydrogen-bond donors (Lipinski definition) is 0. The van der Waals surface area contributed by atoms with Crippen molar-refractivity contribution in [2.45, 2.75) is 23.7 Å². The van der Waals surface area contributed by atoms with Gasteiger partial charge in [-0.1, -0.05) is 41.4 Å². The Morgan fingerprint density at radius 2 is 1.80 bits per heavy atom. The third-order valence-corrected chi connectivity index (χ3v) is 1.33. The van der Waals surface area contributed by atoms with Crippen LogP contribution in [0.3, 0.4) is 0 Å². The van der Waals surface area contributed by atoms with Crippen molar-refractivity contribution in [2.24, 2.45) is 0 Å². The van der Waals surface area contributed by atoms with Gasteiger partial charge in [-0.25, -0.2) is 0 Å². The van der Waals surface area contributed by atoms with E-state index in [-0.39, 0.29) is 11.9 Å². The van der Waals surface area contributed by atoms with Crippen LogP contribution in [-0.2, 0) is 4.74 Å². The molecule has 0 fully saturated rings. The molecule has 0 rings (SSSR count). The summed E-state index contributed by atoms with van der Waals surface area (Å²) in [7, 11) is 0. The fourth-order valence-corrected chi connectivity index (χ4v) is 0.485. The zero-order valence-corrected chi connectivity index (χ0v) is 8.09. The predicted molar refractivity (Wildman–Crippen MR) is 45.7 cm³/mol. The summed E-state index contributed by atoms with van der Waals surface area (Å²) in [4.78, 5) is 0. The molecule has 0 aromatic rings. The number of alkyl halides is 3. The third-order valence-electron chi connectivity index (χ3n) is 0.694. The standard InChI is InChI=1S/C6H9Cl3O/c1-4(2)10-5(3)6(7,8)9/h4H,3H2,1-2H3. The number of ether oxygens (including phenoxy) is 1. The van der Waals surface area contributed by atoms with Gasteiger partial charge in [0.1, 0.15) is 5.76 Å². The van der Waals surface area contributed by atoms with Gasteiger partial charge in [0.15, 0.2) is 0 Å². The Balaban J connectivity index is 3.87. The first-order valence-corrected chi connectivity index (χ1v) is 3.90. The molecule has 0 aliphatic rings. The molecule has 0 aromatic heterocycles. The van der Waals surface area contributed by atoms with Crippen LogP contribution in [0, 0.1) is 0 Å². The molecule has 1 nitrogen and oxygen atoms in total. The fraction of sp³-hybridized carbons (Fsp3) is 0.667. The van der Waals surface area contributed by atoms with E-state index < -0.39 is 3.79 Å². The molecule has 0 bridgehead atoms. The van der Waals surface area contributed by atoms with E-state index in [0.29, 0.717) is 0 Å². The normalized spacial score (nSPS) is 11.8. The van der Waals surface area contributed by atoms with Gasteiger partial charge < -0.3 is 4.74 Å². The Morgan fingerprint density at radius 3 is 1.90 bits per heavy atom. The molecular formula is C6H9Cl3O. The van der Waals surface area contributed by atoms with Gasteiger partial charge in [-0.2, -0.15) is 0 Å². The summed E-state index contributed by atoms with van der Waals surface area (Å²) in [5.41, 5.74) is 0. The van der Waals surface area contributed by atoms with E-state index in [1.165, 1.54) is 0 Å². The van der Waals surface area contributed by atoms with E-state index in [4.69, 9.17) is 39.5 Å². The van der Waals surface area contributed by atoms with Crippen molar-refractivity contribution >= 4 is 34.8 Å². The van der Waals surface area contributed by atoms with E-state index in [2.05, 4.69) is 6.58 Å². The van der Waals surface area contributed by atoms with Crippen molar-refractivity contribution in [2.75, 3.05) is 0 Å². The van der Waals surface area contributed by atoms with Gasteiger partial charge in [-0.05, 0) is 13.8 Å². The van der Waals surface area contributed by atoms with Crippen molar-refractivity contribution < 1.29 is 4.74 Å². The Kier molecular flexibility index (Phi) is 3.85. The Morgan fingerprint density at radius 1 is 1.40 bits per heavy atom. The lowest BCUT2D eigenvalue weighted by Crippen LogP contribution is -2.13. The number of hydrogen-bond acceptors (Lipinski definition) is 1. The molecule has 0 aromatic carbocycles. The van der Waals surface area contributed by atoms with Crippen LogP contribution in [-0.4, -0.2) is 9.90 Å². The molecule has 0 saturated heterocycles. The molecule has 0 N–H and O–H groups in total. The van der Waals surface area contributed by atoms with Gasteiger partial charge in [-0.3, -0.25) is 0 Å². The van der Waals surface area contributed by atoms with Crippen LogP contribution in [0.2, 0.25) is 0 Å². The van der Waals surface area contributed by atoms with Gasteiger partial charge in [0.25, 0.3) is 0 Å². The summed E-state index contributed by atoms with van der Waals surface area (Å²) in [6, 6.07) is 0. The minimum atomic E-state index is -1.51. The van der Waals surface area contributed by atoms with Crippen LogP contribution in [0.1, 0.15) is 13.8 Å². The summed E-state index contributed by atoms with van der Waals surface area (Å²) in [6.07, 6.45) is -0.0110. The summed E-state index contributed by atoms with van der Waals surface area (Å²) in [5, 5.41) is 0. The van der Waals surface area contributed by atoms with Crippen molar-refractivity contribution in [3.8, 4) is 0 Å². The maximum absolute atomic E-state index is 5.43. The molecule has 0 atom stereocenters. The third kappa shape index (κ3) is 4.26. The maximum Gasteiger partial charge on any atom is 0.246 e. The van der Waals surface area contributed by atoms with E-state index in [1.54, 1.807) is 0 Å². The van der Waals surface area contributed by atoms with Gasteiger partial charge in [0, 0.05) is 0 Å². The second kappa shape index (κ2) is 3.70. The lowest BCUT2D eigenvalue weighted by Gasteiger charge is -2.17. The molecule has 0 spiro atoms. The summed E-state index contributed by atoms with van der Waals surface area (Å²) < 4.78 is 3.51. The van der Waals surface area contributed by atoms with Gasteiger partial charge >= 0.3 is 0 Å². The summed E-state index contributed by atoms with van der Waals surface area (Å²) in [5.74, 6) is 0.160. The first-order chi connectivity index (χ1) is 4.34. The van der Waals surface area contributed by atoms with Crippen molar-refractivity contribution in [1.29, 1.82) is 0 Å². The molecule has 0 aliphatic heterocycles. The lowest BCUT2D eigenvalue weighted by atomic mass is 10.5. The minimum Gasteiger partial charge on any atom is -0.491 e. The van der Waals surface area contributed by atoms with Crippen LogP contribution in [0.5, 0.6) is 0 Å². The highest BCUT2D eigenvalue weighted by Gasteiger charge is 2.26. The second-order valence-corrected chi connectivity index (χ2v) is 4.37. The molecule has 0 amide bonds. The summed E-state index contributed by atoms with van der Waals surface area (Å²) >= 11 is 16.3. The molecule has 10 heavy (non-hydrogen) atoms. The predicted octanol–water partition coefficient (Wildman–Crippen LogP) is 3.30. The molecular weight excluding hydrogens is 194 g/mol. The highest BCUT2D eigenvalue weighted by atomic mass is 35.6. The maximum atomic E-state index is 5.43. The van der Waals surface area contributed by atoms with Gasteiger partial charge in [-0.15, -0.1) is 0 Å². The molecule has 0 aliphatic carbocycles. The van der Waals surface area contributed by atoms with Gasteiger partial charge in [0.05, 0.1) is 6.10 Å². The quantitative estimate of drug-likeness (QED) is 0.494. The number of rotatable bonds is 2. The van der Waals surface area contributed by atoms with E-state index in [9.17, 15) is 0 Å². The monoisotopic (exact) mass is 202 g/mol. The average molecular weight is 203 g/mol. The molecule has 60 valence electrons. The summed E-state index contributed by atoms with van der Waals surface area (Å²) in [6.45, 7) is 7.12.